The minimum Gasteiger partial charge on any atom is -0.447 e. The highest BCUT2D eigenvalue weighted by atomic mass is 29.3. The summed E-state index contributed by atoms with van der Waals surface area (Å²) in [5.74, 6) is 0. The molecule has 0 radical (unpaired) electrons. The minimum absolute atomic E-state index is 0.643. The summed E-state index contributed by atoms with van der Waals surface area (Å²) >= 11 is 0. The lowest BCUT2D eigenvalue weighted by molar-refractivity contribution is 0.299. The van der Waals surface area contributed by atoms with Crippen molar-refractivity contribution in [3.63, 3.8) is 0 Å². The van der Waals surface area contributed by atoms with Gasteiger partial charge >= 0.3 is 0 Å². The van der Waals surface area contributed by atoms with Gasteiger partial charge in [-0.05, 0) is 13.8 Å². The van der Waals surface area contributed by atoms with Crippen LogP contribution < -0.4 is 0 Å². The van der Waals surface area contributed by atoms with Crippen LogP contribution in [-0.4, -0.2) is 28.4 Å². The van der Waals surface area contributed by atoms with E-state index in [0.29, 0.717) is 13.2 Å². The van der Waals surface area contributed by atoms with Crippen molar-refractivity contribution < 1.29 is 9.47 Å². The van der Waals surface area contributed by atoms with Gasteiger partial charge in [-0.2, -0.15) is 0 Å². The first-order valence-electron chi connectivity index (χ1n) is 5.65. The van der Waals surface area contributed by atoms with Crippen molar-refractivity contribution in [2.75, 3.05) is 13.2 Å². The van der Waals surface area contributed by atoms with Crippen LogP contribution in [0.4, 0.5) is 0 Å². The molecule has 0 aromatic rings. The van der Waals surface area contributed by atoms with E-state index in [0.717, 1.165) is 0 Å². The topological polar surface area (TPSA) is 18.5 Å². The summed E-state index contributed by atoms with van der Waals surface area (Å²) in [5.41, 5.74) is 6.59. The van der Waals surface area contributed by atoms with Gasteiger partial charge in [0.2, 0.25) is 0 Å². The Morgan fingerprint density at radius 3 is 1.31 bits per heavy atom. The molecular weight excluding hydrogens is 232 g/mol. The Morgan fingerprint density at radius 2 is 1.06 bits per heavy atom. The van der Waals surface area contributed by atoms with E-state index in [9.17, 15) is 0 Å². The van der Waals surface area contributed by atoms with Gasteiger partial charge in [0.25, 0.3) is 0 Å². The number of hydrogen-bond donors (Lipinski definition) is 0. The third-order valence-electron chi connectivity index (χ3n) is 2.72. The van der Waals surface area contributed by atoms with E-state index in [1.807, 2.05) is 13.8 Å². The molecule has 0 N–H and O–H groups in total. The normalized spacial score (nSPS) is 10.6. The quantitative estimate of drug-likeness (QED) is 0.569. The van der Waals surface area contributed by atoms with Crippen molar-refractivity contribution in [2.24, 2.45) is 0 Å². The summed E-state index contributed by atoms with van der Waals surface area (Å²) in [6.07, 6.45) is 5.62. The molecule has 0 unspecified atom stereocenters. The largest absolute Gasteiger partial charge is 0.447 e. The number of ether oxygens (including phenoxy) is 2. The fourth-order valence-corrected chi connectivity index (χ4v) is 4.24. The van der Waals surface area contributed by atoms with E-state index in [1.165, 1.54) is 0 Å². The molecule has 0 aliphatic carbocycles. The van der Waals surface area contributed by atoms with Crippen molar-refractivity contribution in [1.29, 1.82) is 0 Å². The summed E-state index contributed by atoms with van der Waals surface area (Å²) in [4.78, 5) is 0. The number of rotatable bonds is 3. The van der Waals surface area contributed by atoms with Crippen LogP contribution in [0, 0.1) is 23.3 Å². The van der Waals surface area contributed by atoms with Gasteiger partial charge in [0.15, 0.2) is 0 Å². The van der Waals surface area contributed by atoms with Crippen LogP contribution >= 0.6 is 0 Å². The molecule has 0 saturated heterocycles. The summed E-state index contributed by atoms with van der Waals surface area (Å²) in [6.45, 7) is 14.2. The summed E-state index contributed by atoms with van der Waals surface area (Å²) in [7, 11) is -3.24. The Labute approximate surface area is 102 Å². The Hall–Kier alpha value is -0.846. The lowest BCUT2D eigenvalue weighted by Gasteiger charge is -2.27. The Bertz CT molecular complexity index is 292. The van der Waals surface area contributed by atoms with Crippen LogP contribution in [0.1, 0.15) is 13.8 Å². The highest BCUT2D eigenvalue weighted by Crippen LogP contribution is 2.17. The van der Waals surface area contributed by atoms with Crippen molar-refractivity contribution in [3.05, 3.63) is 0 Å². The molecule has 90 valence electrons. The highest BCUT2D eigenvalue weighted by Gasteiger charge is 2.40. The third-order valence-corrected chi connectivity index (χ3v) is 17.4. The van der Waals surface area contributed by atoms with Crippen LogP contribution in [-0.2, 0) is 9.47 Å². The Morgan fingerprint density at radius 1 is 0.750 bits per heavy atom. The molecule has 0 rings (SSSR count). The van der Waals surface area contributed by atoms with Crippen molar-refractivity contribution in [2.45, 2.75) is 40.0 Å². The van der Waals surface area contributed by atoms with Crippen molar-refractivity contribution in [1.82, 2.24) is 0 Å². The average Bonchev–Trinajstić information content (AvgIpc) is 2.18. The molecular formula is C12H22O2Si2. The molecule has 0 bridgehead atoms. The van der Waals surface area contributed by atoms with Crippen molar-refractivity contribution in [3.8, 4) is 23.3 Å². The van der Waals surface area contributed by atoms with Gasteiger partial charge < -0.3 is 9.47 Å². The second-order valence-electron chi connectivity index (χ2n) is 4.57. The van der Waals surface area contributed by atoms with Crippen LogP contribution in [0.3, 0.4) is 0 Å². The van der Waals surface area contributed by atoms with Crippen molar-refractivity contribution >= 4 is 15.2 Å². The van der Waals surface area contributed by atoms with Gasteiger partial charge in [-0.1, -0.05) is 37.3 Å². The molecule has 4 heteroatoms. The van der Waals surface area contributed by atoms with Gasteiger partial charge in [-0.15, -0.1) is 0 Å². The maximum Gasteiger partial charge on any atom is 0.142 e. The third kappa shape index (κ3) is 4.78. The zero-order chi connectivity index (χ0) is 12.7. The lowest BCUT2D eigenvalue weighted by atomic mass is 10.9. The van der Waals surface area contributed by atoms with Gasteiger partial charge in [0.1, 0.15) is 27.4 Å². The molecule has 0 fully saturated rings. The predicted molar refractivity (Wildman–Crippen MR) is 73.8 cm³/mol. The maximum absolute atomic E-state index is 5.11. The molecule has 0 aromatic heterocycles. The average molecular weight is 254 g/mol. The molecule has 0 spiro atoms. The van der Waals surface area contributed by atoms with E-state index < -0.39 is 15.2 Å². The minimum atomic E-state index is -1.62. The second kappa shape index (κ2) is 6.68. The molecule has 16 heavy (non-hydrogen) atoms. The van der Waals surface area contributed by atoms with Gasteiger partial charge in [-0.25, -0.2) is 0 Å². The molecule has 2 nitrogen and oxygen atoms in total. The molecule has 0 heterocycles. The van der Waals surface area contributed by atoms with Crippen LogP contribution in [0.5, 0.6) is 0 Å². The van der Waals surface area contributed by atoms with Crippen LogP contribution in [0.15, 0.2) is 0 Å². The molecule has 0 aromatic carbocycles. The monoisotopic (exact) mass is 254 g/mol. The van der Waals surface area contributed by atoms with E-state index in [-0.39, 0.29) is 0 Å². The van der Waals surface area contributed by atoms with Gasteiger partial charge in [0, 0.05) is 0 Å². The predicted octanol–water partition coefficient (Wildman–Crippen LogP) is 2.55. The molecule has 0 atom stereocenters. The van der Waals surface area contributed by atoms with Gasteiger partial charge in [0.05, 0.1) is 13.2 Å². The number of hydrogen-bond acceptors (Lipinski definition) is 2. The molecule has 0 saturated carbocycles. The molecule has 0 aliphatic rings. The summed E-state index contributed by atoms with van der Waals surface area (Å²) < 4.78 is 10.2. The fourth-order valence-electron chi connectivity index (χ4n) is 0.784. The maximum atomic E-state index is 5.11. The Balaban J connectivity index is 4.74. The Kier molecular flexibility index (Phi) is 6.32. The lowest BCUT2D eigenvalue weighted by Crippen LogP contribution is -2.53. The fraction of sp³-hybridized carbons (Fsp3) is 0.667. The first-order chi connectivity index (χ1) is 7.37. The van der Waals surface area contributed by atoms with E-state index in [2.05, 4.69) is 49.5 Å². The molecule has 0 amide bonds. The standard InChI is InChI=1S/C12H22O2Si2/c1-7-13-9-11-15(3,4)16(5,6)12-10-14-8-2/h7-8H2,1-6H3. The zero-order valence-electron chi connectivity index (χ0n) is 11.2. The zero-order valence-corrected chi connectivity index (χ0v) is 13.2. The summed E-state index contributed by atoms with van der Waals surface area (Å²) in [6, 6.07) is 0. The van der Waals surface area contributed by atoms with E-state index >= 15 is 0 Å². The van der Waals surface area contributed by atoms with Crippen LogP contribution in [0.25, 0.3) is 0 Å². The van der Waals surface area contributed by atoms with Crippen LogP contribution in [0.2, 0.25) is 26.2 Å². The highest BCUT2D eigenvalue weighted by molar-refractivity contribution is 7.46. The summed E-state index contributed by atoms with van der Waals surface area (Å²) in [5, 5.41) is 0. The van der Waals surface area contributed by atoms with E-state index in [4.69, 9.17) is 9.47 Å². The first kappa shape index (κ1) is 15.2. The smallest absolute Gasteiger partial charge is 0.142 e. The first-order valence-corrected chi connectivity index (χ1v) is 12.6. The molecule has 0 aliphatic heterocycles. The van der Waals surface area contributed by atoms with Gasteiger partial charge in [-0.3, -0.25) is 0 Å². The SMILES string of the molecule is CCOC#C[Si](C)(C)[Si](C)(C)C#COCC. The van der Waals surface area contributed by atoms with E-state index in [1.54, 1.807) is 0 Å². The second-order valence-corrected chi connectivity index (χ2v) is 19.1.